The van der Waals surface area contributed by atoms with Crippen LogP contribution in [0, 0.1) is 6.92 Å². The van der Waals surface area contributed by atoms with Crippen LogP contribution in [0.5, 0.6) is 0 Å². The Morgan fingerprint density at radius 2 is 2.33 bits per heavy atom. The molecular weight excluding hydrogens is 228 g/mol. The van der Waals surface area contributed by atoms with Crippen LogP contribution >= 0.6 is 0 Å². The minimum absolute atomic E-state index is 0.722. The lowest BCUT2D eigenvalue weighted by Gasteiger charge is -2.08. The highest BCUT2D eigenvalue weighted by Gasteiger charge is 2.03. The average molecular weight is 246 g/mol. The summed E-state index contributed by atoms with van der Waals surface area (Å²) in [6.07, 6.45) is 7.29. The Morgan fingerprint density at radius 1 is 1.44 bits per heavy atom. The fourth-order valence-electron chi connectivity index (χ4n) is 1.78. The number of ether oxygens (including phenoxy) is 1. The standard InChI is InChI=1S/C13H18N4O/c1-11-7-12(8-14-4-6-18-2)9-16-13(11)17-5-3-15-10-17/h3,5,7,9-10,14H,4,6,8H2,1-2H3. The van der Waals surface area contributed by atoms with Gasteiger partial charge in [0.15, 0.2) is 0 Å². The summed E-state index contributed by atoms with van der Waals surface area (Å²) in [5.74, 6) is 0.924. The predicted molar refractivity (Wildman–Crippen MR) is 69.7 cm³/mol. The molecule has 5 nitrogen and oxygen atoms in total. The van der Waals surface area contributed by atoms with E-state index in [0.717, 1.165) is 31.1 Å². The fraction of sp³-hybridized carbons (Fsp3) is 0.385. The zero-order valence-corrected chi connectivity index (χ0v) is 10.8. The van der Waals surface area contributed by atoms with Crippen LogP contribution in [-0.2, 0) is 11.3 Å². The zero-order valence-electron chi connectivity index (χ0n) is 10.8. The molecule has 0 fully saturated rings. The van der Waals surface area contributed by atoms with Gasteiger partial charge in [-0.3, -0.25) is 4.57 Å². The van der Waals surface area contributed by atoms with Crippen molar-refractivity contribution in [3.63, 3.8) is 0 Å². The smallest absolute Gasteiger partial charge is 0.140 e. The van der Waals surface area contributed by atoms with Crippen LogP contribution in [0.25, 0.3) is 5.82 Å². The largest absolute Gasteiger partial charge is 0.383 e. The topological polar surface area (TPSA) is 52.0 Å². The van der Waals surface area contributed by atoms with Gasteiger partial charge in [-0.1, -0.05) is 0 Å². The second-order valence-electron chi connectivity index (χ2n) is 4.12. The molecule has 0 aliphatic carbocycles. The van der Waals surface area contributed by atoms with Gasteiger partial charge in [-0.2, -0.15) is 0 Å². The average Bonchev–Trinajstić information content (AvgIpc) is 2.88. The molecule has 2 rings (SSSR count). The predicted octanol–water partition coefficient (Wildman–Crippen LogP) is 1.31. The van der Waals surface area contributed by atoms with Gasteiger partial charge in [-0.15, -0.1) is 0 Å². The van der Waals surface area contributed by atoms with Crippen LogP contribution in [0.3, 0.4) is 0 Å². The van der Waals surface area contributed by atoms with Crippen molar-refractivity contribution in [2.24, 2.45) is 0 Å². The van der Waals surface area contributed by atoms with Crippen molar-refractivity contribution in [1.29, 1.82) is 0 Å². The van der Waals surface area contributed by atoms with Gasteiger partial charge >= 0.3 is 0 Å². The van der Waals surface area contributed by atoms with Crippen molar-refractivity contribution < 1.29 is 4.74 Å². The van der Waals surface area contributed by atoms with Gasteiger partial charge in [0.25, 0.3) is 0 Å². The fourth-order valence-corrected chi connectivity index (χ4v) is 1.78. The molecule has 0 radical (unpaired) electrons. The highest BCUT2D eigenvalue weighted by atomic mass is 16.5. The molecule has 0 aliphatic rings. The SMILES string of the molecule is COCCNCc1cnc(-n2ccnc2)c(C)c1. The molecule has 0 aliphatic heterocycles. The molecule has 2 aromatic rings. The van der Waals surface area contributed by atoms with E-state index in [2.05, 4.69) is 28.3 Å². The summed E-state index contributed by atoms with van der Waals surface area (Å²) in [5.41, 5.74) is 2.31. The molecular formula is C13H18N4O. The molecule has 0 atom stereocenters. The molecule has 2 heterocycles. The molecule has 0 amide bonds. The molecule has 0 spiro atoms. The first-order valence-electron chi connectivity index (χ1n) is 5.95. The second-order valence-corrected chi connectivity index (χ2v) is 4.12. The Labute approximate surface area is 107 Å². The van der Waals surface area contributed by atoms with E-state index in [1.54, 1.807) is 19.6 Å². The molecule has 96 valence electrons. The van der Waals surface area contributed by atoms with E-state index in [9.17, 15) is 0 Å². The van der Waals surface area contributed by atoms with Crippen LogP contribution in [-0.4, -0.2) is 34.8 Å². The van der Waals surface area contributed by atoms with Gasteiger partial charge in [-0.05, 0) is 24.1 Å². The number of nitrogens with one attached hydrogen (secondary N) is 1. The summed E-state index contributed by atoms with van der Waals surface area (Å²) in [5, 5.41) is 3.30. The Morgan fingerprint density at radius 3 is 3.00 bits per heavy atom. The van der Waals surface area contributed by atoms with Crippen molar-refractivity contribution in [1.82, 2.24) is 19.9 Å². The number of aryl methyl sites for hydroxylation is 1. The van der Waals surface area contributed by atoms with Crippen LogP contribution in [0.1, 0.15) is 11.1 Å². The van der Waals surface area contributed by atoms with Gasteiger partial charge in [-0.25, -0.2) is 9.97 Å². The van der Waals surface area contributed by atoms with Gasteiger partial charge in [0.05, 0.1) is 6.61 Å². The molecule has 1 N–H and O–H groups in total. The molecule has 0 saturated carbocycles. The molecule has 0 saturated heterocycles. The molecule has 0 unspecified atom stereocenters. The van der Waals surface area contributed by atoms with Crippen LogP contribution in [0.4, 0.5) is 0 Å². The highest BCUT2D eigenvalue weighted by Crippen LogP contribution is 2.12. The van der Waals surface area contributed by atoms with Crippen LogP contribution in [0.15, 0.2) is 31.0 Å². The van der Waals surface area contributed by atoms with Gasteiger partial charge in [0, 0.05) is 38.8 Å². The number of rotatable bonds is 6. The first-order chi connectivity index (χ1) is 8.81. The van der Waals surface area contributed by atoms with Crippen molar-refractivity contribution in [3.8, 4) is 5.82 Å². The van der Waals surface area contributed by atoms with Gasteiger partial charge in [0.1, 0.15) is 12.1 Å². The van der Waals surface area contributed by atoms with Crippen molar-refractivity contribution in [2.75, 3.05) is 20.3 Å². The molecule has 18 heavy (non-hydrogen) atoms. The number of pyridine rings is 1. The summed E-state index contributed by atoms with van der Waals surface area (Å²) >= 11 is 0. The second kappa shape index (κ2) is 6.28. The third-order valence-electron chi connectivity index (χ3n) is 2.67. The monoisotopic (exact) mass is 246 g/mol. The van der Waals surface area contributed by atoms with E-state index in [-0.39, 0.29) is 0 Å². The third kappa shape index (κ3) is 3.15. The van der Waals surface area contributed by atoms with Crippen molar-refractivity contribution >= 4 is 0 Å². The molecule has 5 heteroatoms. The maximum absolute atomic E-state index is 4.98. The number of nitrogens with zero attached hydrogens (tertiary/aromatic N) is 3. The third-order valence-corrected chi connectivity index (χ3v) is 2.67. The normalized spacial score (nSPS) is 10.8. The van der Waals surface area contributed by atoms with E-state index >= 15 is 0 Å². The lowest BCUT2D eigenvalue weighted by molar-refractivity contribution is 0.199. The van der Waals surface area contributed by atoms with Crippen LogP contribution < -0.4 is 5.32 Å². The van der Waals surface area contributed by atoms with Crippen molar-refractivity contribution in [3.05, 3.63) is 42.1 Å². The van der Waals surface area contributed by atoms with E-state index in [1.165, 1.54) is 5.56 Å². The number of hydrogen-bond donors (Lipinski definition) is 1. The summed E-state index contributed by atoms with van der Waals surface area (Å²) in [7, 11) is 1.70. The summed E-state index contributed by atoms with van der Waals surface area (Å²) in [6.45, 7) is 4.43. The summed E-state index contributed by atoms with van der Waals surface area (Å²) < 4.78 is 6.90. The minimum Gasteiger partial charge on any atom is -0.383 e. The summed E-state index contributed by atoms with van der Waals surface area (Å²) in [4.78, 5) is 8.50. The number of hydrogen-bond acceptors (Lipinski definition) is 4. The van der Waals surface area contributed by atoms with E-state index in [0.29, 0.717) is 0 Å². The highest BCUT2D eigenvalue weighted by molar-refractivity contribution is 5.35. The first-order valence-corrected chi connectivity index (χ1v) is 5.95. The van der Waals surface area contributed by atoms with E-state index in [4.69, 9.17) is 4.74 Å². The number of methoxy groups -OCH3 is 1. The van der Waals surface area contributed by atoms with Gasteiger partial charge in [0.2, 0.25) is 0 Å². The Bertz CT molecular complexity index is 482. The molecule has 0 aromatic carbocycles. The lowest BCUT2D eigenvalue weighted by Crippen LogP contribution is -2.18. The Kier molecular flexibility index (Phi) is 4.44. The van der Waals surface area contributed by atoms with Crippen LogP contribution in [0.2, 0.25) is 0 Å². The van der Waals surface area contributed by atoms with Crippen molar-refractivity contribution in [2.45, 2.75) is 13.5 Å². The zero-order chi connectivity index (χ0) is 12.8. The molecule has 0 bridgehead atoms. The molecule has 2 aromatic heterocycles. The summed E-state index contributed by atoms with van der Waals surface area (Å²) in [6, 6.07) is 2.14. The minimum atomic E-state index is 0.722. The van der Waals surface area contributed by atoms with E-state index in [1.807, 2.05) is 17.0 Å². The Hall–Kier alpha value is -1.72. The quantitative estimate of drug-likeness (QED) is 0.781. The maximum atomic E-state index is 4.98. The number of imidazole rings is 1. The number of aromatic nitrogens is 3. The lowest BCUT2D eigenvalue weighted by atomic mass is 10.2. The van der Waals surface area contributed by atoms with E-state index < -0.39 is 0 Å². The first kappa shape index (κ1) is 12.7. The Balaban J connectivity index is 2.01. The maximum Gasteiger partial charge on any atom is 0.140 e. The van der Waals surface area contributed by atoms with Gasteiger partial charge < -0.3 is 10.1 Å².